The molecule has 5 heteroatoms. The lowest BCUT2D eigenvalue weighted by atomic mass is 10.2. The normalized spacial score (nSPS) is 10.0. The van der Waals surface area contributed by atoms with E-state index in [4.69, 9.17) is 19.7 Å². The Morgan fingerprint density at radius 3 is 2.71 bits per heavy atom. The van der Waals surface area contributed by atoms with E-state index in [0.29, 0.717) is 30.9 Å². The van der Waals surface area contributed by atoms with Crippen LogP contribution in [0.15, 0.2) is 18.2 Å². The molecule has 0 saturated carbocycles. The molecule has 0 radical (unpaired) electrons. The van der Waals surface area contributed by atoms with Gasteiger partial charge in [0.05, 0.1) is 13.7 Å². The van der Waals surface area contributed by atoms with Crippen LogP contribution in [0.25, 0.3) is 0 Å². The predicted octanol–water partition coefficient (Wildman–Crippen LogP) is 1.54. The summed E-state index contributed by atoms with van der Waals surface area (Å²) in [5.41, 5.74) is 0.0772. The lowest BCUT2D eigenvalue weighted by Crippen LogP contribution is -2.05. The van der Waals surface area contributed by atoms with E-state index >= 15 is 0 Å². The second-order valence-electron chi connectivity index (χ2n) is 3.45. The van der Waals surface area contributed by atoms with Crippen molar-refractivity contribution in [1.82, 2.24) is 0 Å². The van der Waals surface area contributed by atoms with E-state index in [0.717, 1.165) is 0 Å². The Labute approximate surface area is 99.6 Å². The monoisotopic (exact) mass is 240 g/mol. The van der Waals surface area contributed by atoms with Crippen LogP contribution in [-0.4, -0.2) is 36.5 Å². The highest BCUT2D eigenvalue weighted by Gasteiger charge is 2.12. The van der Waals surface area contributed by atoms with Crippen LogP contribution < -0.4 is 9.47 Å². The number of unbranched alkanes of at least 4 members (excludes halogenated alkanes) is 1. The van der Waals surface area contributed by atoms with Crippen molar-refractivity contribution in [1.29, 1.82) is 0 Å². The van der Waals surface area contributed by atoms with Crippen LogP contribution in [0.4, 0.5) is 0 Å². The fraction of sp³-hybridized carbons (Fsp3) is 0.417. The standard InChI is InChI=1S/C12H16O5/c1-16-9-4-5-11(10(8-9)12(14)15)17-7-3-2-6-13/h4-5,8,13H,2-3,6-7H2,1H3,(H,14,15). The maximum atomic E-state index is 11.0. The van der Waals surface area contributed by atoms with E-state index in [-0.39, 0.29) is 12.2 Å². The number of aromatic carboxylic acids is 1. The van der Waals surface area contributed by atoms with Crippen LogP contribution in [0.1, 0.15) is 23.2 Å². The third-order valence-corrected chi connectivity index (χ3v) is 2.23. The molecule has 0 aliphatic heterocycles. The van der Waals surface area contributed by atoms with Gasteiger partial charge in [-0.25, -0.2) is 4.79 Å². The quantitative estimate of drug-likeness (QED) is 0.707. The van der Waals surface area contributed by atoms with E-state index in [2.05, 4.69) is 0 Å². The Morgan fingerprint density at radius 1 is 1.35 bits per heavy atom. The van der Waals surface area contributed by atoms with Crippen molar-refractivity contribution in [2.24, 2.45) is 0 Å². The number of carbonyl (C=O) groups is 1. The fourth-order valence-corrected chi connectivity index (χ4v) is 1.33. The molecule has 2 N–H and O–H groups in total. The number of methoxy groups -OCH3 is 1. The molecule has 0 amide bonds. The van der Waals surface area contributed by atoms with Gasteiger partial charge >= 0.3 is 5.97 Å². The van der Waals surface area contributed by atoms with Crippen LogP contribution in [0.3, 0.4) is 0 Å². The van der Waals surface area contributed by atoms with Crippen molar-refractivity contribution in [2.75, 3.05) is 20.3 Å². The summed E-state index contributed by atoms with van der Waals surface area (Å²) in [6, 6.07) is 4.64. The van der Waals surface area contributed by atoms with Gasteiger partial charge in [0.15, 0.2) is 0 Å². The Bertz CT molecular complexity index is 375. The van der Waals surface area contributed by atoms with Crippen LogP contribution in [-0.2, 0) is 0 Å². The molecule has 0 saturated heterocycles. The number of ether oxygens (including phenoxy) is 2. The highest BCUT2D eigenvalue weighted by atomic mass is 16.5. The third-order valence-electron chi connectivity index (χ3n) is 2.23. The third kappa shape index (κ3) is 3.96. The van der Waals surface area contributed by atoms with E-state index in [1.54, 1.807) is 12.1 Å². The first kappa shape index (κ1) is 13.3. The lowest BCUT2D eigenvalue weighted by molar-refractivity contribution is 0.0691. The van der Waals surface area contributed by atoms with Crippen molar-refractivity contribution in [3.05, 3.63) is 23.8 Å². The second kappa shape index (κ2) is 6.75. The Kier molecular flexibility index (Phi) is 5.29. The molecule has 0 atom stereocenters. The van der Waals surface area contributed by atoms with Gasteiger partial charge < -0.3 is 19.7 Å². The number of hydrogen-bond acceptors (Lipinski definition) is 4. The summed E-state index contributed by atoms with van der Waals surface area (Å²) in [7, 11) is 1.47. The minimum atomic E-state index is -1.05. The molecule has 1 aromatic rings. The molecule has 0 heterocycles. The summed E-state index contributed by atoms with van der Waals surface area (Å²) >= 11 is 0. The van der Waals surface area contributed by atoms with Crippen molar-refractivity contribution < 1.29 is 24.5 Å². The van der Waals surface area contributed by atoms with Crippen LogP contribution in [0, 0.1) is 0 Å². The van der Waals surface area contributed by atoms with Gasteiger partial charge in [-0.2, -0.15) is 0 Å². The molecule has 0 aromatic heterocycles. The summed E-state index contributed by atoms with van der Waals surface area (Å²) < 4.78 is 10.3. The Morgan fingerprint density at radius 2 is 2.12 bits per heavy atom. The summed E-state index contributed by atoms with van der Waals surface area (Å²) in [5, 5.41) is 17.6. The maximum Gasteiger partial charge on any atom is 0.339 e. The smallest absolute Gasteiger partial charge is 0.339 e. The first-order chi connectivity index (χ1) is 8.19. The predicted molar refractivity (Wildman–Crippen MR) is 61.8 cm³/mol. The highest BCUT2D eigenvalue weighted by molar-refractivity contribution is 5.91. The second-order valence-corrected chi connectivity index (χ2v) is 3.45. The molecular formula is C12H16O5. The zero-order valence-electron chi connectivity index (χ0n) is 9.68. The molecule has 5 nitrogen and oxygen atoms in total. The number of rotatable bonds is 7. The van der Waals surface area contributed by atoms with Gasteiger partial charge in [0.25, 0.3) is 0 Å². The minimum absolute atomic E-state index is 0.0772. The molecule has 0 fully saturated rings. The number of carboxylic acid groups (broad SMARTS) is 1. The zero-order chi connectivity index (χ0) is 12.7. The van der Waals surface area contributed by atoms with Gasteiger partial charge in [-0.1, -0.05) is 0 Å². The maximum absolute atomic E-state index is 11.0. The van der Waals surface area contributed by atoms with E-state index in [9.17, 15) is 4.79 Å². The van der Waals surface area contributed by atoms with E-state index in [1.807, 2.05) is 0 Å². The summed E-state index contributed by atoms with van der Waals surface area (Å²) in [4.78, 5) is 11.0. The van der Waals surface area contributed by atoms with E-state index in [1.165, 1.54) is 13.2 Å². The highest BCUT2D eigenvalue weighted by Crippen LogP contribution is 2.24. The van der Waals surface area contributed by atoms with Gasteiger partial charge in [-0.15, -0.1) is 0 Å². The number of hydrogen-bond donors (Lipinski definition) is 2. The first-order valence-electron chi connectivity index (χ1n) is 5.34. The average Bonchev–Trinajstić information content (AvgIpc) is 2.34. The summed E-state index contributed by atoms with van der Waals surface area (Å²) in [6.07, 6.45) is 1.32. The topological polar surface area (TPSA) is 76.0 Å². The summed E-state index contributed by atoms with van der Waals surface area (Å²) in [5.74, 6) is -0.262. The fourth-order valence-electron chi connectivity index (χ4n) is 1.33. The number of aliphatic hydroxyl groups excluding tert-OH is 1. The first-order valence-corrected chi connectivity index (χ1v) is 5.34. The van der Waals surface area contributed by atoms with Gasteiger partial charge in [0.1, 0.15) is 17.1 Å². The molecular weight excluding hydrogens is 224 g/mol. The van der Waals surface area contributed by atoms with Crippen LogP contribution >= 0.6 is 0 Å². The number of benzene rings is 1. The van der Waals surface area contributed by atoms with Crippen LogP contribution in [0.5, 0.6) is 11.5 Å². The minimum Gasteiger partial charge on any atom is -0.497 e. The molecule has 1 rings (SSSR count). The van der Waals surface area contributed by atoms with Crippen molar-refractivity contribution in [2.45, 2.75) is 12.8 Å². The van der Waals surface area contributed by atoms with Gasteiger partial charge in [0.2, 0.25) is 0 Å². The number of aliphatic hydroxyl groups is 1. The van der Waals surface area contributed by atoms with Gasteiger partial charge in [0, 0.05) is 6.61 Å². The molecule has 94 valence electrons. The molecule has 0 unspecified atom stereocenters. The van der Waals surface area contributed by atoms with E-state index < -0.39 is 5.97 Å². The number of carboxylic acids is 1. The Hall–Kier alpha value is -1.75. The van der Waals surface area contributed by atoms with Crippen molar-refractivity contribution >= 4 is 5.97 Å². The molecule has 1 aromatic carbocycles. The lowest BCUT2D eigenvalue weighted by Gasteiger charge is -2.10. The molecule has 0 aliphatic carbocycles. The Balaban J connectivity index is 2.73. The summed E-state index contributed by atoms with van der Waals surface area (Å²) in [6.45, 7) is 0.491. The van der Waals surface area contributed by atoms with Crippen molar-refractivity contribution in [3.8, 4) is 11.5 Å². The van der Waals surface area contributed by atoms with Crippen LogP contribution in [0.2, 0.25) is 0 Å². The molecule has 17 heavy (non-hydrogen) atoms. The molecule has 0 bridgehead atoms. The van der Waals surface area contributed by atoms with Crippen molar-refractivity contribution in [3.63, 3.8) is 0 Å². The largest absolute Gasteiger partial charge is 0.497 e. The zero-order valence-corrected chi connectivity index (χ0v) is 9.68. The van der Waals surface area contributed by atoms with Gasteiger partial charge in [-0.05, 0) is 31.0 Å². The SMILES string of the molecule is COc1ccc(OCCCCO)c(C(=O)O)c1. The average molecular weight is 240 g/mol. The molecule has 0 aliphatic rings. The van der Waals surface area contributed by atoms with Gasteiger partial charge in [-0.3, -0.25) is 0 Å². The molecule has 0 spiro atoms.